The van der Waals surface area contributed by atoms with Gasteiger partial charge in [-0.05, 0) is 36.4 Å². The van der Waals surface area contributed by atoms with Crippen molar-refractivity contribution in [2.45, 2.75) is 13.0 Å². The maximum atomic E-state index is 5.67. The van der Waals surface area contributed by atoms with Crippen LogP contribution in [0.15, 0.2) is 42.5 Å². The van der Waals surface area contributed by atoms with Gasteiger partial charge in [0, 0.05) is 6.61 Å². The molecular formula is C17H23NO2. The number of hydrogen-bond donors (Lipinski definition) is 1. The molecule has 0 bridgehead atoms. The molecule has 0 aromatic heterocycles. The average Bonchev–Trinajstić information content (AvgIpc) is 2.50. The maximum absolute atomic E-state index is 5.67. The van der Waals surface area contributed by atoms with Crippen molar-refractivity contribution in [1.29, 1.82) is 0 Å². The van der Waals surface area contributed by atoms with Gasteiger partial charge in [-0.15, -0.1) is 0 Å². The second-order valence-corrected chi connectivity index (χ2v) is 4.72. The van der Waals surface area contributed by atoms with E-state index in [2.05, 4.69) is 47.8 Å². The molecule has 2 rings (SSSR count). The van der Waals surface area contributed by atoms with Crippen molar-refractivity contribution in [3.8, 4) is 0 Å². The smallest absolute Gasteiger partial charge is 0.0701 e. The van der Waals surface area contributed by atoms with Crippen molar-refractivity contribution in [2.24, 2.45) is 0 Å². The number of likely N-dealkylation sites (N-methyl/N-ethyl adjacent to an activating group) is 1. The molecule has 0 amide bonds. The van der Waals surface area contributed by atoms with Gasteiger partial charge < -0.3 is 14.8 Å². The Morgan fingerprint density at radius 3 is 2.50 bits per heavy atom. The fraction of sp³-hybridized carbons (Fsp3) is 0.412. The summed E-state index contributed by atoms with van der Waals surface area (Å²) < 4.78 is 10.9. The summed E-state index contributed by atoms with van der Waals surface area (Å²) in [7, 11) is 1.96. The van der Waals surface area contributed by atoms with Crippen molar-refractivity contribution in [3.63, 3.8) is 0 Å². The van der Waals surface area contributed by atoms with E-state index in [1.807, 2.05) is 14.0 Å². The molecule has 1 N–H and O–H groups in total. The fourth-order valence-corrected chi connectivity index (χ4v) is 2.23. The van der Waals surface area contributed by atoms with E-state index < -0.39 is 0 Å². The highest BCUT2D eigenvalue weighted by Crippen LogP contribution is 2.20. The molecule has 0 saturated heterocycles. The highest BCUT2D eigenvalue weighted by molar-refractivity contribution is 5.83. The summed E-state index contributed by atoms with van der Waals surface area (Å²) in [6, 6.07) is 15.2. The average molecular weight is 273 g/mol. The molecular weight excluding hydrogens is 250 g/mol. The number of benzene rings is 2. The van der Waals surface area contributed by atoms with E-state index in [1.54, 1.807) is 0 Å². The third-order valence-corrected chi connectivity index (χ3v) is 3.39. The van der Waals surface area contributed by atoms with Crippen LogP contribution in [0.1, 0.15) is 18.5 Å². The minimum atomic E-state index is 0.209. The lowest BCUT2D eigenvalue weighted by atomic mass is 10.0. The number of ether oxygens (including phenoxy) is 2. The first-order valence-electron chi connectivity index (χ1n) is 7.16. The monoisotopic (exact) mass is 273 g/mol. The van der Waals surface area contributed by atoms with Crippen LogP contribution in [0.4, 0.5) is 0 Å². The van der Waals surface area contributed by atoms with E-state index in [1.165, 1.54) is 16.3 Å². The van der Waals surface area contributed by atoms with Crippen LogP contribution in [0.5, 0.6) is 0 Å². The van der Waals surface area contributed by atoms with Crippen molar-refractivity contribution in [2.75, 3.05) is 33.5 Å². The minimum Gasteiger partial charge on any atom is -0.379 e. The molecule has 2 aromatic carbocycles. The first-order chi connectivity index (χ1) is 9.85. The lowest BCUT2D eigenvalue weighted by molar-refractivity contribution is 0.0442. The summed E-state index contributed by atoms with van der Waals surface area (Å²) >= 11 is 0. The Morgan fingerprint density at radius 2 is 1.75 bits per heavy atom. The van der Waals surface area contributed by atoms with Crippen LogP contribution in [0.2, 0.25) is 0 Å². The van der Waals surface area contributed by atoms with Crippen molar-refractivity contribution >= 4 is 10.8 Å². The van der Waals surface area contributed by atoms with Crippen molar-refractivity contribution < 1.29 is 9.47 Å². The SMILES string of the molecule is CCOCCOCC(NC)c1ccc2ccccc2c1. The predicted molar refractivity (Wildman–Crippen MR) is 83.1 cm³/mol. The Bertz CT molecular complexity index is 527. The molecule has 3 nitrogen and oxygen atoms in total. The number of fused-ring (bicyclic) bond motifs is 1. The van der Waals surface area contributed by atoms with Gasteiger partial charge >= 0.3 is 0 Å². The normalized spacial score (nSPS) is 12.7. The second-order valence-electron chi connectivity index (χ2n) is 4.72. The fourth-order valence-electron chi connectivity index (χ4n) is 2.23. The zero-order valence-corrected chi connectivity index (χ0v) is 12.3. The van der Waals surface area contributed by atoms with Crippen LogP contribution in [0.25, 0.3) is 10.8 Å². The molecule has 1 atom stereocenters. The van der Waals surface area contributed by atoms with Gasteiger partial charge in [0.1, 0.15) is 0 Å². The summed E-state index contributed by atoms with van der Waals surface area (Å²) in [6.07, 6.45) is 0. The van der Waals surface area contributed by atoms with Crippen LogP contribution in [0.3, 0.4) is 0 Å². The van der Waals surface area contributed by atoms with Crippen LogP contribution < -0.4 is 5.32 Å². The molecule has 0 saturated carbocycles. The van der Waals surface area contributed by atoms with Gasteiger partial charge in [-0.3, -0.25) is 0 Å². The highest BCUT2D eigenvalue weighted by atomic mass is 16.5. The zero-order valence-electron chi connectivity index (χ0n) is 12.3. The first-order valence-corrected chi connectivity index (χ1v) is 7.16. The Balaban J connectivity index is 1.98. The van der Waals surface area contributed by atoms with Gasteiger partial charge in [0.05, 0.1) is 25.9 Å². The van der Waals surface area contributed by atoms with Gasteiger partial charge in [-0.2, -0.15) is 0 Å². The summed E-state index contributed by atoms with van der Waals surface area (Å²) in [5.41, 5.74) is 1.25. The summed E-state index contributed by atoms with van der Waals surface area (Å²) in [6.45, 7) is 4.68. The molecule has 0 fully saturated rings. The van der Waals surface area contributed by atoms with Gasteiger partial charge in [-0.1, -0.05) is 36.4 Å². The van der Waals surface area contributed by atoms with Crippen molar-refractivity contribution in [1.82, 2.24) is 5.32 Å². The molecule has 1 unspecified atom stereocenters. The lowest BCUT2D eigenvalue weighted by Crippen LogP contribution is -2.22. The molecule has 0 spiro atoms. The zero-order chi connectivity index (χ0) is 14.2. The maximum Gasteiger partial charge on any atom is 0.0701 e. The number of rotatable bonds is 8. The van der Waals surface area contributed by atoms with E-state index in [-0.39, 0.29) is 6.04 Å². The number of hydrogen-bond acceptors (Lipinski definition) is 3. The third-order valence-electron chi connectivity index (χ3n) is 3.39. The van der Waals surface area contributed by atoms with Crippen LogP contribution in [0, 0.1) is 0 Å². The minimum absolute atomic E-state index is 0.209. The van der Waals surface area contributed by atoms with Gasteiger partial charge in [0.2, 0.25) is 0 Å². The molecule has 2 aromatic rings. The van der Waals surface area contributed by atoms with E-state index in [4.69, 9.17) is 9.47 Å². The van der Waals surface area contributed by atoms with Crippen LogP contribution in [-0.2, 0) is 9.47 Å². The largest absolute Gasteiger partial charge is 0.379 e. The molecule has 3 heteroatoms. The standard InChI is InChI=1S/C17H23NO2/c1-3-19-10-11-20-13-17(18-2)16-9-8-14-6-4-5-7-15(14)12-16/h4-9,12,17-18H,3,10-11,13H2,1-2H3. The Kier molecular flexibility index (Phi) is 5.99. The Labute approximate surface area is 120 Å². The number of nitrogens with one attached hydrogen (secondary N) is 1. The molecule has 0 radical (unpaired) electrons. The first kappa shape index (κ1) is 15.0. The molecule has 108 valence electrons. The molecule has 0 aliphatic heterocycles. The van der Waals surface area contributed by atoms with Crippen molar-refractivity contribution in [3.05, 3.63) is 48.0 Å². The van der Waals surface area contributed by atoms with Gasteiger partial charge in [0.15, 0.2) is 0 Å². The van der Waals surface area contributed by atoms with Crippen LogP contribution >= 0.6 is 0 Å². The molecule has 0 aliphatic rings. The van der Waals surface area contributed by atoms with Gasteiger partial charge in [0.25, 0.3) is 0 Å². The van der Waals surface area contributed by atoms with Gasteiger partial charge in [-0.25, -0.2) is 0 Å². The summed E-state index contributed by atoms with van der Waals surface area (Å²) in [5, 5.41) is 5.84. The van der Waals surface area contributed by atoms with E-state index in [0.29, 0.717) is 19.8 Å². The third kappa shape index (κ3) is 4.04. The summed E-state index contributed by atoms with van der Waals surface area (Å²) in [4.78, 5) is 0. The van der Waals surface area contributed by atoms with E-state index in [9.17, 15) is 0 Å². The quantitative estimate of drug-likeness (QED) is 0.749. The molecule has 20 heavy (non-hydrogen) atoms. The lowest BCUT2D eigenvalue weighted by Gasteiger charge is -2.17. The van der Waals surface area contributed by atoms with E-state index >= 15 is 0 Å². The predicted octanol–water partition coefficient (Wildman–Crippen LogP) is 3.15. The topological polar surface area (TPSA) is 30.5 Å². The highest BCUT2D eigenvalue weighted by Gasteiger charge is 2.09. The molecule has 0 heterocycles. The second kappa shape index (κ2) is 8.00. The van der Waals surface area contributed by atoms with E-state index in [0.717, 1.165) is 6.61 Å². The van der Waals surface area contributed by atoms with Crippen LogP contribution in [-0.4, -0.2) is 33.5 Å². The summed E-state index contributed by atoms with van der Waals surface area (Å²) in [5.74, 6) is 0. The Hall–Kier alpha value is -1.42. The Morgan fingerprint density at radius 1 is 1.00 bits per heavy atom. The molecule has 0 aliphatic carbocycles.